The van der Waals surface area contributed by atoms with Gasteiger partial charge in [-0.05, 0) is 85.5 Å². The summed E-state index contributed by atoms with van der Waals surface area (Å²) >= 11 is 0. The summed E-state index contributed by atoms with van der Waals surface area (Å²) in [4.78, 5) is 22.7. The fourth-order valence-corrected chi connectivity index (χ4v) is 8.73. The lowest BCUT2D eigenvalue weighted by Crippen LogP contribution is -2.49. The number of carboxylic acid groups (broad SMARTS) is 1. The quantitative estimate of drug-likeness (QED) is 0.242. The predicted molar refractivity (Wildman–Crippen MR) is 140 cm³/mol. The first kappa shape index (κ1) is 26.6. The van der Waals surface area contributed by atoms with Gasteiger partial charge in [0.1, 0.15) is 0 Å². The number of rotatable bonds is 11. The molecule has 4 aliphatic rings. The van der Waals surface area contributed by atoms with E-state index in [0.717, 1.165) is 49.9 Å². The van der Waals surface area contributed by atoms with E-state index in [1.807, 2.05) is 6.08 Å². The Bertz CT molecular complexity index is 841. The molecule has 0 amide bonds. The van der Waals surface area contributed by atoms with E-state index in [0.29, 0.717) is 35.4 Å². The van der Waals surface area contributed by atoms with Gasteiger partial charge in [-0.25, -0.2) is 0 Å². The van der Waals surface area contributed by atoms with Crippen molar-refractivity contribution >= 4 is 11.8 Å². The predicted octanol–water partition coefficient (Wildman–Crippen LogP) is 7.11. The van der Waals surface area contributed by atoms with Gasteiger partial charge < -0.3 is 10.2 Å². The molecule has 35 heavy (non-hydrogen) atoms. The van der Waals surface area contributed by atoms with Crippen molar-refractivity contribution in [2.75, 3.05) is 0 Å². The summed E-state index contributed by atoms with van der Waals surface area (Å²) in [5.74, 6) is 3.67. The zero-order chi connectivity index (χ0) is 25.2. The number of carboxylic acids is 1. The molecule has 0 aromatic rings. The molecule has 8 atom stereocenters. The molecule has 0 aliphatic heterocycles. The fourth-order valence-electron chi connectivity index (χ4n) is 8.73. The van der Waals surface area contributed by atoms with Gasteiger partial charge in [-0.2, -0.15) is 0 Å². The molecule has 2 fully saturated rings. The van der Waals surface area contributed by atoms with E-state index < -0.39 is 12.1 Å². The van der Waals surface area contributed by atoms with Crippen LogP contribution in [0.15, 0.2) is 23.3 Å². The molecule has 2 saturated carbocycles. The van der Waals surface area contributed by atoms with Crippen molar-refractivity contribution in [3.05, 3.63) is 23.3 Å². The Morgan fingerprint density at radius 1 is 1.11 bits per heavy atom. The van der Waals surface area contributed by atoms with Gasteiger partial charge in [-0.1, -0.05) is 76.5 Å². The van der Waals surface area contributed by atoms with Gasteiger partial charge in [0, 0.05) is 6.42 Å². The summed E-state index contributed by atoms with van der Waals surface area (Å²) in [6.45, 7) is 7.53. The molecular weight excluding hydrogens is 436 g/mol. The first-order valence-electron chi connectivity index (χ1n) is 14.5. The number of aliphatic carboxylic acids is 1. The van der Waals surface area contributed by atoms with Crippen LogP contribution in [0.1, 0.15) is 111 Å². The van der Waals surface area contributed by atoms with E-state index in [4.69, 9.17) is 5.11 Å². The molecule has 4 heteroatoms. The number of unbranched alkanes of at least 4 members (excludes halogenated alkanes) is 5. The normalized spacial score (nSPS) is 37.1. The van der Waals surface area contributed by atoms with Gasteiger partial charge in [0.05, 0.1) is 12.5 Å². The van der Waals surface area contributed by atoms with Crippen molar-refractivity contribution in [3.63, 3.8) is 0 Å². The molecule has 0 saturated heterocycles. The third-order valence-corrected chi connectivity index (χ3v) is 10.3. The number of hydrogen-bond acceptors (Lipinski definition) is 3. The Kier molecular flexibility index (Phi) is 8.61. The van der Waals surface area contributed by atoms with E-state index in [2.05, 4.69) is 26.8 Å². The molecule has 0 spiro atoms. The number of ketones is 1. The molecular formula is C31H48O4. The lowest BCUT2D eigenvalue weighted by atomic mass is 9.48. The van der Waals surface area contributed by atoms with Gasteiger partial charge in [0.2, 0.25) is 0 Å². The summed E-state index contributed by atoms with van der Waals surface area (Å²) in [5.41, 5.74) is 3.62. The smallest absolute Gasteiger partial charge is 0.305 e. The van der Waals surface area contributed by atoms with Crippen LogP contribution in [0.25, 0.3) is 0 Å². The highest BCUT2D eigenvalue weighted by Gasteiger charge is 2.56. The van der Waals surface area contributed by atoms with Crippen LogP contribution in [-0.2, 0) is 9.59 Å². The van der Waals surface area contributed by atoms with Crippen LogP contribution < -0.4 is 0 Å². The van der Waals surface area contributed by atoms with Crippen molar-refractivity contribution in [3.8, 4) is 0 Å². The zero-order valence-electron chi connectivity index (χ0n) is 22.3. The first-order chi connectivity index (χ1) is 16.7. The number of carbonyl (C=O) groups is 2. The Morgan fingerprint density at radius 3 is 2.57 bits per heavy atom. The summed E-state index contributed by atoms with van der Waals surface area (Å²) in [7, 11) is 0. The maximum Gasteiger partial charge on any atom is 0.305 e. The zero-order valence-corrected chi connectivity index (χ0v) is 22.3. The number of carbonyl (C=O) groups excluding carboxylic acids is 1. The molecule has 0 bridgehead atoms. The van der Waals surface area contributed by atoms with Gasteiger partial charge in [-0.15, -0.1) is 0 Å². The monoisotopic (exact) mass is 484 g/mol. The molecule has 2 N–H and O–H groups in total. The molecule has 2 unspecified atom stereocenters. The summed E-state index contributed by atoms with van der Waals surface area (Å²) in [6.07, 6.45) is 18.3. The second-order valence-electron chi connectivity index (χ2n) is 12.8. The average molecular weight is 485 g/mol. The minimum atomic E-state index is -0.913. The Hall–Kier alpha value is -1.42. The molecule has 0 heterocycles. The van der Waals surface area contributed by atoms with E-state index in [9.17, 15) is 14.7 Å². The van der Waals surface area contributed by atoms with Gasteiger partial charge in [-0.3, -0.25) is 9.59 Å². The standard InChI is InChI=1S/C31H48O4/c1-20-16-22-17-25(33)13-14-26(22)29-21(2)19-31(3)23(12-15-27(31)30(20)29)10-8-6-4-5-7-9-11-24(32)18-28(34)35/h15,17,20-21,23-24,26,29-30,32H,4-14,16,18-19H2,1-3H3,(H,34,35)/t20-,21+,23?,24?,26+,29-,30+,31-/m1/s1. The van der Waals surface area contributed by atoms with E-state index >= 15 is 0 Å². The summed E-state index contributed by atoms with van der Waals surface area (Å²) < 4.78 is 0. The third kappa shape index (κ3) is 5.78. The molecule has 0 aromatic heterocycles. The highest BCUT2D eigenvalue weighted by molar-refractivity contribution is 5.91. The highest BCUT2D eigenvalue weighted by Crippen LogP contribution is 2.64. The highest BCUT2D eigenvalue weighted by atomic mass is 16.4. The maximum atomic E-state index is 12.1. The molecule has 0 radical (unpaired) electrons. The van der Waals surface area contributed by atoms with Crippen LogP contribution in [0.3, 0.4) is 0 Å². The molecule has 4 rings (SSSR count). The van der Waals surface area contributed by atoms with Gasteiger partial charge in [0.15, 0.2) is 5.78 Å². The fraction of sp³-hybridized carbons (Fsp3) is 0.806. The second kappa shape index (κ2) is 11.3. The van der Waals surface area contributed by atoms with Crippen molar-refractivity contribution in [1.82, 2.24) is 0 Å². The van der Waals surface area contributed by atoms with Crippen LogP contribution in [0.2, 0.25) is 0 Å². The van der Waals surface area contributed by atoms with Crippen LogP contribution in [0, 0.1) is 40.9 Å². The lowest BCUT2D eigenvalue weighted by Gasteiger charge is -2.57. The van der Waals surface area contributed by atoms with Crippen LogP contribution >= 0.6 is 0 Å². The second-order valence-corrected chi connectivity index (χ2v) is 12.8. The van der Waals surface area contributed by atoms with Crippen molar-refractivity contribution in [1.29, 1.82) is 0 Å². The van der Waals surface area contributed by atoms with E-state index in [1.165, 1.54) is 50.5 Å². The Balaban J connectivity index is 1.25. The summed E-state index contributed by atoms with van der Waals surface area (Å²) in [5, 5.41) is 18.4. The topological polar surface area (TPSA) is 74.6 Å². The van der Waals surface area contributed by atoms with Crippen molar-refractivity contribution in [2.24, 2.45) is 40.9 Å². The van der Waals surface area contributed by atoms with Gasteiger partial charge >= 0.3 is 5.97 Å². The first-order valence-corrected chi connectivity index (χ1v) is 14.5. The van der Waals surface area contributed by atoms with Gasteiger partial charge in [0.25, 0.3) is 0 Å². The van der Waals surface area contributed by atoms with Crippen molar-refractivity contribution in [2.45, 2.75) is 117 Å². The van der Waals surface area contributed by atoms with Crippen LogP contribution in [0.5, 0.6) is 0 Å². The maximum absolute atomic E-state index is 12.1. The minimum absolute atomic E-state index is 0.132. The number of aliphatic hydroxyl groups excluding tert-OH is 1. The number of fused-ring (bicyclic) bond motifs is 5. The molecule has 4 nitrogen and oxygen atoms in total. The Morgan fingerprint density at radius 2 is 1.83 bits per heavy atom. The Labute approximate surface area is 212 Å². The number of hydrogen-bond donors (Lipinski definition) is 2. The minimum Gasteiger partial charge on any atom is -0.481 e. The number of allylic oxidation sites excluding steroid dienone is 4. The summed E-state index contributed by atoms with van der Waals surface area (Å²) in [6, 6.07) is 0. The van der Waals surface area contributed by atoms with Crippen LogP contribution in [-0.4, -0.2) is 28.1 Å². The largest absolute Gasteiger partial charge is 0.481 e. The van der Waals surface area contributed by atoms with E-state index in [-0.39, 0.29) is 6.42 Å². The van der Waals surface area contributed by atoms with Crippen molar-refractivity contribution < 1.29 is 19.8 Å². The molecule has 196 valence electrons. The molecule has 4 aliphatic carbocycles. The lowest BCUT2D eigenvalue weighted by molar-refractivity contribution is -0.139. The third-order valence-electron chi connectivity index (χ3n) is 10.3. The number of aliphatic hydroxyl groups is 1. The molecule has 0 aromatic carbocycles. The van der Waals surface area contributed by atoms with E-state index in [1.54, 1.807) is 5.57 Å². The average Bonchev–Trinajstić information content (AvgIpc) is 3.10. The SMILES string of the molecule is C[C@@H]1CC2=CC(=O)CC[C@@H]2[C@@H]2[C@@H]1C1=CCC(CCCCCCCCC(O)CC(=O)O)[C@@]1(C)C[C@@H]2C. The van der Waals surface area contributed by atoms with Crippen LogP contribution in [0.4, 0.5) is 0 Å².